The highest BCUT2D eigenvalue weighted by Gasteiger charge is 2.31. The van der Waals surface area contributed by atoms with E-state index in [9.17, 15) is 9.59 Å². The SMILES string of the molecule is CC1(C)C[C@@H](c2ccc3nccc(C(=O)NCC(=O)N4CSC[C@H]4C#N)c3c2)CCO1. The first kappa shape index (κ1) is 21.6. The molecule has 1 aromatic carbocycles. The largest absolute Gasteiger partial charge is 0.376 e. The molecule has 0 spiro atoms. The standard InChI is InChI=1S/C23H26N4O3S/c1-23(2)10-16(6-8-30-23)15-3-4-20-19(9-15)18(5-7-25-20)22(29)26-12-21(28)27-14-31-13-17(27)11-24/h3-5,7,9,16-17H,6,8,10,12-14H2,1-2H3,(H,26,29)/t16-,17+/m0/s1. The maximum atomic E-state index is 12.9. The lowest BCUT2D eigenvalue weighted by molar-refractivity contribution is -0.129. The molecule has 2 aliphatic heterocycles. The molecule has 0 radical (unpaired) electrons. The summed E-state index contributed by atoms with van der Waals surface area (Å²) >= 11 is 1.54. The van der Waals surface area contributed by atoms with Crippen molar-refractivity contribution in [3.05, 3.63) is 41.6 Å². The normalized spacial score (nSPS) is 22.8. The molecule has 0 aliphatic carbocycles. The second kappa shape index (κ2) is 8.85. The average Bonchev–Trinajstić information content (AvgIpc) is 3.25. The summed E-state index contributed by atoms with van der Waals surface area (Å²) in [4.78, 5) is 31.3. The van der Waals surface area contributed by atoms with Gasteiger partial charge >= 0.3 is 0 Å². The van der Waals surface area contributed by atoms with E-state index < -0.39 is 6.04 Å². The highest BCUT2D eigenvalue weighted by Crippen LogP contribution is 2.36. The third-order valence-corrected chi connectivity index (χ3v) is 6.94. The lowest BCUT2D eigenvalue weighted by atomic mass is 9.83. The van der Waals surface area contributed by atoms with E-state index in [0.717, 1.165) is 30.4 Å². The number of nitriles is 1. The van der Waals surface area contributed by atoms with Crippen molar-refractivity contribution < 1.29 is 14.3 Å². The van der Waals surface area contributed by atoms with Crippen molar-refractivity contribution in [1.82, 2.24) is 15.2 Å². The van der Waals surface area contributed by atoms with Crippen molar-refractivity contribution in [3.8, 4) is 6.07 Å². The quantitative estimate of drug-likeness (QED) is 0.788. The van der Waals surface area contributed by atoms with Gasteiger partial charge in [0.05, 0.1) is 35.2 Å². The smallest absolute Gasteiger partial charge is 0.252 e. The molecule has 2 amide bonds. The summed E-state index contributed by atoms with van der Waals surface area (Å²) < 4.78 is 5.84. The number of carbonyl (C=O) groups excluding carboxylic acids is 2. The second-order valence-corrected chi connectivity index (χ2v) is 9.62. The predicted octanol–water partition coefficient (Wildman–Crippen LogP) is 3.06. The van der Waals surface area contributed by atoms with Gasteiger partial charge in [-0.15, -0.1) is 11.8 Å². The molecule has 0 bridgehead atoms. The van der Waals surface area contributed by atoms with Crippen molar-refractivity contribution in [2.75, 3.05) is 24.8 Å². The predicted molar refractivity (Wildman–Crippen MR) is 120 cm³/mol. The van der Waals surface area contributed by atoms with Crippen LogP contribution in [0, 0.1) is 11.3 Å². The van der Waals surface area contributed by atoms with Crippen molar-refractivity contribution in [3.63, 3.8) is 0 Å². The minimum Gasteiger partial charge on any atom is -0.376 e. The van der Waals surface area contributed by atoms with E-state index in [1.165, 1.54) is 10.5 Å². The Morgan fingerprint density at radius 1 is 1.39 bits per heavy atom. The Kier molecular flexibility index (Phi) is 6.17. The van der Waals surface area contributed by atoms with E-state index in [4.69, 9.17) is 10.00 Å². The Hall–Kier alpha value is -2.63. The van der Waals surface area contributed by atoms with E-state index in [1.54, 1.807) is 24.0 Å². The van der Waals surface area contributed by atoms with Crippen molar-refractivity contribution in [1.29, 1.82) is 5.26 Å². The van der Waals surface area contributed by atoms with Gasteiger partial charge in [-0.1, -0.05) is 6.07 Å². The summed E-state index contributed by atoms with van der Waals surface area (Å²) in [6.07, 6.45) is 3.47. The molecular formula is C23H26N4O3S. The highest BCUT2D eigenvalue weighted by atomic mass is 32.2. The number of amides is 2. The van der Waals surface area contributed by atoms with Crippen LogP contribution in [-0.2, 0) is 9.53 Å². The molecule has 3 heterocycles. The molecule has 2 atom stereocenters. The van der Waals surface area contributed by atoms with Crippen LogP contribution < -0.4 is 5.32 Å². The number of rotatable bonds is 4. The monoisotopic (exact) mass is 438 g/mol. The maximum absolute atomic E-state index is 12.9. The Morgan fingerprint density at radius 3 is 3.00 bits per heavy atom. The molecular weight excluding hydrogens is 412 g/mol. The van der Waals surface area contributed by atoms with Crippen LogP contribution in [0.1, 0.15) is 48.5 Å². The number of ether oxygens (including phenoxy) is 1. The third-order valence-electron chi connectivity index (χ3n) is 5.93. The Balaban J connectivity index is 1.52. The summed E-state index contributed by atoms with van der Waals surface area (Å²) in [7, 11) is 0. The van der Waals surface area contributed by atoms with Gasteiger partial charge in [-0.25, -0.2) is 0 Å². The fourth-order valence-electron chi connectivity index (χ4n) is 4.28. The lowest BCUT2D eigenvalue weighted by Gasteiger charge is -2.35. The van der Waals surface area contributed by atoms with Crippen LogP contribution in [0.4, 0.5) is 0 Å². The zero-order chi connectivity index (χ0) is 22.0. The zero-order valence-corrected chi connectivity index (χ0v) is 18.6. The van der Waals surface area contributed by atoms with E-state index >= 15 is 0 Å². The van der Waals surface area contributed by atoms with Gasteiger partial charge in [0.15, 0.2) is 0 Å². The Bertz CT molecular complexity index is 1050. The minimum atomic E-state index is -0.428. The number of pyridine rings is 1. The van der Waals surface area contributed by atoms with E-state index in [-0.39, 0.29) is 24.0 Å². The minimum absolute atomic E-state index is 0.130. The number of hydrogen-bond acceptors (Lipinski definition) is 6. The summed E-state index contributed by atoms with van der Waals surface area (Å²) in [6.45, 7) is 4.80. The van der Waals surface area contributed by atoms with Crippen molar-refractivity contribution in [2.24, 2.45) is 0 Å². The van der Waals surface area contributed by atoms with Gasteiger partial charge in [-0.3, -0.25) is 14.6 Å². The number of aromatic nitrogens is 1. The first-order valence-electron chi connectivity index (χ1n) is 10.5. The van der Waals surface area contributed by atoms with Crippen LogP contribution in [0.15, 0.2) is 30.5 Å². The molecule has 2 saturated heterocycles. The van der Waals surface area contributed by atoms with E-state index in [1.807, 2.05) is 12.1 Å². The van der Waals surface area contributed by atoms with Crippen LogP contribution in [0.2, 0.25) is 0 Å². The first-order valence-corrected chi connectivity index (χ1v) is 11.6. The molecule has 2 fully saturated rings. The molecule has 4 rings (SSSR count). The van der Waals surface area contributed by atoms with E-state index in [0.29, 0.717) is 23.1 Å². The van der Waals surface area contributed by atoms with Crippen molar-refractivity contribution >= 4 is 34.5 Å². The van der Waals surface area contributed by atoms with Gasteiger partial charge < -0.3 is 15.0 Å². The Labute approximate surface area is 186 Å². The zero-order valence-electron chi connectivity index (χ0n) is 17.8. The number of benzene rings is 1. The number of nitrogens with zero attached hydrogens (tertiary/aromatic N) is 3. The van der Waals surface area contributed by atoms with Crippen LogP contribution in [0.3, 0.4) is 0 Å². The maximum Gasteiger partial charge on any atom is 0.252 e. The van der Waals surface area contributed by atoms with Gasteiger partial charge in [0, 0.05) is 23.9 Å². The highest BCUT2D eigenvalue weighted by molar-refractivity contribution is 7.99. The molecule has 0 unspecified atom stereocenters. The molecule has 8 heteroatoms. The van der Waals surface area contributed by atoms with Gasteiger partial charge in [0.25, 0.3) is 5.91 Å². The van der Waals surface area contributed by atoms with Crippen molar-refractivity contribution in [2.45, 2.75) is 44.2 Å². The molecule has 162 valence electrons. The fourth-order valence-corrected chi connectivity index (χ4v) is 5.38. The van der Waals surface area contributed by atoms with E-state index in [2.05, 4.69) is 36.3 Å². The second-order valence-electron chi connectivity index (χ2n) is 8.62. The fraction of sp³-hybridized carbons (Fsp3) is 0.478. The van der Waals surface area contributed by atoms with Gasteiger partial charge in [-0.05, 0) is 56.4 Å². The summed E-state index contributed by atoms with van der Waals surface area (Å²) in [5.41, 5.74) is 2.25. The molecule has 0 saturated carbocycles. The van der Waals surface area contributed by atoms with Crippen LogP contribution in [0.5, 0.6) is 0 Å². The summed E-state index contributed by atoms with van der Waals surface area (Å²) in [6, 6.07) is 9.48. The topological polar surface area (TPSA) is 95.3 Å². The number of thioether (sulfide) groups is 1. The summed E-state index contributed by atoms with van der Waals surface area (Å²) in [5, 5.41) is 12.7. The lowest BCUT2D eigenvalue weighted by Crippen LogP contribution is -2.42. The number of nitrogens with one attached hydrogen (secondary N) is 1. The van der Waals surface area contributed by atoms with Gasteiger partial charge in [0.2, 0.25) is 5.91 Å². The average molecular weight is 439 g/mol. The number of fused-ring (bicyclic) bond motifs is 1. The van der Waals surface area contributed by atoms with Crippen LogP contribution in [-0.4, -0.2) is 58.1 Å². The van der Waals surface area contributed by atoms with Gasteiger partial charge in [-0.2, -0.15) is 5.26 Å². The van der Waals surface area contributed by atoms with Gasteiger partial charge in [0.1, 0.15) is 6.04 Å². The molecule has 2 aromatic rings. The molecule has 7 nitrogen and oxygen atoms in total. The third kappa shape index (κ3) is 4.68. The molecule has 2 aliphatic rings. The number of carbonyl (C=O) groups is 2. The number of hydrogen-bond donors (Lipinski definition) is 1. The van der Waals surface area contributed by atoms with Crippen LogP contribution in [0.25, 0.3) is 10.9 Å². The Morgan fingerprint density at radius 2 is 2.23 bits per heavy atom. The molecule has 1 N–H and O–H groups in total. The molecule has 31 heavy (non-hydrogen) atoms. The summed E-state index contributed by atoms with van der Waals surface area (Å²) in [5.74, 6) is 0.896. The van der Waals surface area contributed by atoms with Crippen LogP contribution >= 0.6 is 11.8 Å². The molecule has 1 aromatic heterocycles. The first-order chi connectivity index (χ1) is 14.9.